The molecule has 0 bridgehead atoms. The highest BCUT2D eigenvalue weighted by molar-refractivity contribution is 5.91. The van der Waals surface area contributed by atoms with Crippen LogP contribution in [-0.2, 0) is 20.9 Å². The molecule has 2 aromatic rings. The molecule has 1 fully saturated rings. The van der Waals surface area contributed by atoms with E-state index >= 15 is 0 Å². The Kier molecular flexibility index (Phi) is 6.55. The van der Waals surface area contributed by atoms with Crippen LogP contribution in [-0.4, -0.2) is 48.8 Å². The highest BCUT2D eigenvalue weighted by atomic mass is 19.4. The number of carbonyl (C=O) groups is 2. The number of piperidine rings is 1. The Balaban J connectivity index is 1.46. The summed E-state index contributed by atoms with van der Waals surface area (Å²) in [5.74, 6) is -1.21. The molecule has 176 valence electrons. The molecule has 1 saturated heterocycles. The molecule has 1 unspecified atom stereocenters. The van der Waals surface area contributed by atoms with Gasteiger partial charge in [-0.1, -0.05) is 30.3 Å². The van der Waals surface area contributed by atoms with Gasteiger partial charge < -0.3 is 14.4 Å². The number of halogens is 4. The van der Waals surface area contributed by atoms with Crippen molar-refractivity contribution < 1.29 is 36.6 Å². The Hall–Kier alpha value is -3.14. The highest BCUT2D eigenvalue weighted by Gasteiger charge is 2.38. The summed E-state index contributed by atoms with van der Waals surface area (Å²) in [4.78, 5) is 28.5. The van der Waals surface area contributed by atoms with Crippen LogP contribution in [0.3, 0.4) is 0 Å². The highest BCUT2D eigenvalue weighted by Crippen LogP contribution is 2.33. The number of alkyl halides is 3. The molecule has 2 aliphatic rings. The SMILES string of the molecule is O=C(C(OCC(F)(F)F)c1ccc(F)cc1)N1CCC(N2C(=O)OCc3ccccc32)CC1. The summed E-state index contributed by atoms with van der Waals surface area (Å²) in [7, 11) is 0. The second-order valence-electron chi connectivity index (χ2n) is 7.97. The zero-order chi connectivity index (χ0) is 23.6. The van der Waals surface area contributed by atoms with Gasteiger partial charge >= 0.3 is 12.3 Å². The average Bonchev–Trinajstić information content (AvgIpc) is 2.79. The number of amides is 2. The Morgan fingerprint density at radius 2 is 1.76 bits per heavy atom. The third-order valence-corrected chi connectivity index (χ3v) is 5.75. The van der Waals surface area contributed by atoms with Crippen LogP contribution in [0.5, 0.6) is 0 Å². The fraction of sp³-hybridized carbons (Fsp3) is 0.391. The number of carbonyl (C=O) groups excluding carboxylic acids is 2. The minimum atomic E-state index is -4.62. The molecule has 0 aromatic heterocycles. The van der Waals surface area contributed by atoms with Crippen LogP contribution < -0.4 is 4.90 Å². The average molecular weight is 466 g/mol. The molecule has 1 atom stereocenters. The van der Waals surface area contributed by atoms with Gasteiger partial charge in [-0.2, -0.15) is 13.2 Å². The van der Waals surface area contributed by atoms with Gasteiger partial charge in [0.1, 0.15) is 19.0 Å². The lowest BCUT2D eigenvalue weighted by atomic mass is 9.99. The molecule has 0 saturated carbocycles. The van der Waals surface area contributed by atoms with E-state index in [9.17, 15) is 27.2 Å². The predicted molar refractivity (Wildman–Crippen MR) is 110 cm³/mol. The van der Waals surface area contributed by atoms with E-state index in [-0.39, 0.29) is 31.3 Å². The fourth-order valence-electron chi connectivity index (χ4n) is 4.16. The van der Waals surface area contributed by atoms with Crippen LogP contribution in [0, 0.1) is 5.82 Å². The van der Waals surface area contributed by atoms with Gasteiger partial charge in [-0.15, -0.1) is 0 Å². The minimum Gasteiger partial charge on any atom is -0.444 e. The van der Waals surface area contributed by atoms with Crippen molar-refractivity contribution >= 4 is 17.7 Å². The summed E-state index contributed by atoms with van der Waals surface area (Å²) in [5, 5.41) is 0. The topological polar surface area (TPSA) is 59.1 Å². The van der Waals surface area contributed by atoms with Gasteiger partial charge in [0.15, 0.2) is 6.10 Å². The van der Waals surface area contributed by atoms with Crippen LogP contribution in [0.4, 0.5) is 28.0 Å². The number of anilines is 1. The van der Waals surface area contributed by atoms with Gasteiger partial charge in [0.25, 0.3) is 5.91 Å². The van der Waals surface area contributed by atoms with Crippen LogP contribution in [0.25, 0.3) is 0 Å². The number of benzene rings is 2. The fourth-order valence-corrected chi connectivity index (χ4v) is 4.16. The minimum absolute atomic E-state index is 0.140. The quantitative estimate of drug-likeness (QED) is 0.605. The Labute approximate surface area is 187 Å². The molecule has 0 N–H and O–H groups in total. The number of ether oxygens (including phenoxy) is 2. The standard InChI is InChI=1S/C23H22F4N2O4/c24-17-7-5-15(6-8-17)20(33-14-23(25,26)27)21(30)28-11-9-18(10-12-28)29-19-4-2-1-3-16(19)13-32-22(29)31/h1-8,18,20H,9-14H2. The molecule has 0 aliphatic carbocycles. The normalized spacial score (nSPS) is 18.0. The molecule has 0 radical (unpaired) electrons. The Morgan fingerprint density at radius 3 is 2.42 bits per heavy atom. The van der Waals surface area contributed by atoms with E-state index in [1.165, 1.54) is 17.0 Å². The second-order valence-corrected chi connectivity index (χ2v) is 7.97. The number of hydrogen-bond donors (Lipinski definition) is 0. The molecule has 2 heterocycles. The van der Waals surface area contributed by atoms with Gasteiger partial charge in [-0.05, 0) is 36.6 Å². The van der Waals surface area contributed by atoms with Crippen LogP contribution in [0.15, 0.2) is 48.5 Å². The van der Waals surface area contributed by atoms with Gasteiger partial charge in [0, 0.05) is 24.7 Å². The van der Waals surface area contributed by atoms with Gasteiger partial charge in [0.2, 0.25) is 0 Å². The first-order valence-electron chi connectivity index (χ1n) is 10.5. The summed E-state index contributed by atoms with van der Waals surface area (Å²) >= 11 is 0. The molecule has 10 heteroatoms. The summed E-state index contributed by atoms with van der Waals surface area (Å²) in [5.41, 5.74) is 1.78. The number of likely N-dealkylation sites (tertiary alicyclic amines) is 1. The van der Waals surface area contributed by atoms with Crippen molar-refractivity contribution in [2.45, 2.75) is 37.8 Å². The van der Waals surface area contributed by atoms with Gasteiger partial charge in [-0.25, -0.2) is 9.18 Å². The van der Waals surface area contributed by atoms with E-state index in [0.29, 0.717) is 12.8 Å². The van der Waals surface area contributed by atoms with E-state index in [1.807, 2.05) is 24.3 Å². The zero-order valence-electron chi connectivity index (χ0n) is 17.6. The smallest absolute Gasteiger partial charge is 0.414 e. The Morgan fingerprint density at radius 1 is 1.09 bits per heavy atom. The van der Waals surface area contributed by atoms with E-state index in [0.717, 1.165) is 23.4 Å². The van der Waals surface area contributed by atoms with Crippen molar-refractivity contribution in [2.75, 3.05) is 24.6 Å². The van der Waals surface area contributed by atoms with Crippen molar-refractivity contribution in [3.05, 3.63) is 65.5 Å². The molecule has 0 spiro atoms. The van der Waals surface area contributed by atoms with Crippen molar-refractivity contribution in [1.82, 2.24) is 4.90 Å². The third kappa shape index (κ3) is 5.27. The molecular formula is C23H22F4N2O4. The molecule has 2 aliphatic heterocycles. The number of cyclic esters (lactones) is 1. The number of hydrogen-bond acceptors (Lipinski definition) is 4. The second kappa shape index (κ2) is 9.38. The van der Waals surface area contributed by atoms with Crippen LogP contribution in [0.2, 0.25) is 0 Å². The molecule has 2 aromatic carbocycles. The summed E-state index contributed by atoms with van der Waals surface area (Å²) < 4.78 is 61.7. The monoisotopic (exact) mass is 466 g/mol. The summed E-state index contributed by atoms with van der Waals surface area (Å²) in [6.07, 6.45) is -5.75. The molecular weight excluding hydrogens is 444 g/mol. The molecule has 6 nitrogen and oxygen atoms in total. The first-order valence-corrected chi connectivity index (χ1v) is 10.5. The number of fused-ring (bicyclic) bond motifs is 1. The van der Waals surface area contributed by atoms with Gasteiger partial charge in [-0.3, -0.25) is 9.69 Å². The lowest BCUT2D eigenvalue weighted by molar-refractivity contribution is -0.191. The van der Waals surface area contributed by atoms with E-state index in [1.54, 1.807) is 4.90 Å². The lowest BCUT2D eigenvalue weighted by Crippen LogP contribution is -2.51. The zero-order valence-corrected chi connectivity index (χ0v) is 17.6. The maximum absolute atomic E-state index is 13.3. The molecule has 2 amide bonds. The number of nitrogens with zero attached hydrogens (tertiary/aromatic N) is 2. The third-order valence-electron chi connectivity index (χ3n) is 5.75. The van der Waals surface area contributed by atoms with Crippen molar-refractivity contribution in [1.29, 1.82) is 0 Å². The van der Waals surface area contributed by atoms with Crippen molar-refractivity contribution in [3.63, 3.8) is 0 Å². The molecule has 33 heavy (non-hydrogen) atoms. The van der Waals surface area contributed by atoms with E-state index in [2.05, 4.69) is 0 Å². The number of rotatable bonds is 5. The van der Waals surface area contributed by atoms with E-state index in [4.69, 9.17) is 9.47 Å². The summed E-state index contributed by atoms with van der Waals surface area (Å²) in [6.45, 7) is -0.961. The predicted octanol–water partition coefficient (Wildman–Crippen LogP) is 4.59. The molecule has 4 rings (SSSR count). The van der Waals surface area contributed by atoms with E-state index < -0.39 is 36.7 Å². The first kappa shape index (κ1) is 23.0. The van der Waals surface area contributed by atoms with Crippen molar-refractivity contribution in [3.8, 4) is 0 Å². The maximum atomic E-state index is 13.3. The maximum Gasteiger partial charge on any atom is 0.414 e. The number of para-hydroxylation sites is 1. The van der Waals surface area contributed by atoms with Crippen molar-refractivity contribution in [2.24, 2.45) is 0 Å². The Bertz CT molecular complexity index is 1000. The summed E-state index contributed by atoms with van der Waals surface area (Å²) in [6, 6.07) is 11.8. The first-order chi connectivity index (χ1) is 15.7. The van der Waals surface area contributed by atoms with Crippen LogP contribution >= 0.6 is 0 Å². The van der Waals surface area contributed by atoms with Crippen LogP contribution in [0.1, 0.15) is 30.1 Å². The van der Waals surface area contributed by atoms with Gasteiger partial charge in [0.05, 0.1) is 5.69 Å². The largest absolute Gasteiger partial charge is 0.444 e. The lowest BCUT2D eigenvalue weighted by Gasteiger charge is -2.40.